The Labute approximate surface area is 125 Å². The molecule has 3 heterocycles. The topological polar surface area (TPSA) is 70.2 Å². The number of fused-ring (bicyclic) bond motifs is 1. The predicted octanol–water partition coefficient (Wildman–Crippen LogP) is 0.890. The van der Waals surface area contributed by atoms with Gasteiger partial charge in [-0.25, -0.2) is 9.97 Å². The summed E-state index contributed by atoms with van der Waals surface area (Å²) in [6.07, 6.45) is 2.99. The molecule has 1 amide bonds. The molecule has 2 aliphatic heterocycles. The number of piperidine rings is 1. The van der Waals surface area contributed by atoms with E-state index < -0.39 is 0 Å². The molecule has 6 nitrogen and oxygen atoms in total. The molecule has 1 fully saturated rings. The highest BCUT2D eigenvalue weighted by molar-refractivity contribution is 5.73. The van der Waals surface area contributed by atoms with E-state index in [1.54, 1.807) is 6.92 Å². The van der Waals surface area contributed by atoms with Crippen molar-refractivity contribution in [2.24, 2.45) is 0 Å². The van der Waals surface area contributed by atoms with Crippen molar-refractivity contribution in [2.75, 3.05) is 32.0 Å². The van der Waals surface area contributed by atoms with Gasteiger partial charge in [0.2, 0.25) is 5.91 Å². The van der Waals surface area contributed by atoms with Gasteiger partial charge in [-0.1, -0.05) is 0 Å². The van der Waals surface area contributed by atoms with Crippen LogP contribution in [-0.4, -0.2) is 47.5 Å². The third kappa shape index (κ3) is 2.85. The number of aromatic nitrogens is 2. The minimum atomic E-state index is 0.119. The van der Waals surface area contributed by atoms with Gasteiger partial charge in [0.1, 0.15) is 11.6 Å². The van der Waals surface area contributed by atoms with E-state index in [0.29, 0.717) is 12.5 Å². The molecule has 0 aromatic carbocycles. The number of anilines is 1. The number of rotatable bonds is 2. The van der Waals surface area contributed by atoms with Crippen LogP contribution in [0.1, 0.15) is 42.8 Å². The first-order valence-electron chi connectivity index (χ1n) is 7.72. The lowest BCUT2D eigenvalue weighted by atomic mass is 9.96. The maximum Gasteiger partial charge on any atom is 0.219 e. The van der Waals surface area contributed by atoms with Gasteiger partial charge in [-0.2, -0.15) is 0 Å². The molecule has 1 saturated heterocycles. The number of nitrogens with zero attached hydrogens (tertiary/aromatic N) is 3. The summed E-state index contributed by atoms with van der Waals surface area (Å²) in [5.74, 6) is 2.42. The van der Waals surface area contributed by atoms with Crippen molar-refractivity contribution in [3.8, 4) is 0 Å². The van der Waals surface area contributed by atoms with E-state index in [4.69, 9.17) is 9.97 Å². The largest absolute Gasteiger partial charge is 0.373 e. The van der Waals surface area contributed by atoms with Crippen LogP contribution >= 0.6 is 0 Å². The first kappa shape index (κ1) is 14.3. The minimum absolute atomic E-state index is 0.119. The van der Waals surface area contributed by atoms with Crippen molar-refractivity contribution in [3.63, 3.8) is 0 Å². The Balaban J connectivity index is 1.93. The zero-order valence-corrected chi connectivity index (χ0v) is 12.8. The quantitative estimate of drug-likeness (QED) is 0.846. The van der Waals surface area contributed by atoms with Gasteiger partial charge in [0, 0.05) is 32.0 Å². The van der Waals surface area contributed by atoms with E-state index in [1.807, 2.05) is 11.9 Å². The molecule has 0 unspecified atom stereocenters. The van der Waals surface area contributed by atoms with Gasteiger partial charge < -0.3 is 15.5 Å². The van der Waals surface area contributed by atoms with E-state index in [2.05, 4.69) is 10.6 Å². The predicted molar refractivity (Wildman–Crippen MR) is 81.2 cm³/mol. The van der Waals surface area contributed by atoms with Gasteiger partial charge in [0.15, 0.2) is 0 Å². The summed E-state index contributed by atoms with van der Waals surface area (Å²) in [7, 11) is 1.91. The Kier molecular flexibility index (Phi) is 4.05. The smallest absolute Gasteiger partial charge is 0.219 e. The number of nitrogens with one attached hydrogen (secondary N) is 2. The van der Waals surface area contributed by atoms with Crippen molar-refractivity contribution >= 4 is 11.7 Å². The lowest BCUT2D eigenvalue weighted by molar-refractivity contribution is -0.129. The second kappa shape index (κ2) is 5.97. The minimum Gasteiger partial charge on any atom is -0.373 e. The molecule has 6 heteroatoms. The highest BCUT2D eigenvalue weighted by Gasteiger charge is 2.26. The van der Waals surface area contributed by atoms with E-state index in [1.165, 1.54) is 5.56 Å². The highest BCUT2D eigenvalue weighted by Crippen LogP contribution is 2.28. The van der Waals surface area contributed by atoms with Crippen molar-refractivity contribution in [3.05, 3.63) is 17.1 Å². The van der Waals surface area contributed by atoms with Crippen LogP contribution in [0.2, 0.25) is 0 Å². The fourth-order valence-electron chi connectivity index (χ4n) is 3.19. The van der Waals surface area contributed by atoms with E-state index in [-0.39, 0.29) is 5.91 Å². The molecule has 114 valence electrons. The van der Waals surface area contributed by atoms with Gasteiger partial charge in [-0.3, -0.25) is 4.79 Å². The molecule has 0 aliphatic carbocycles. The Bertz CT molecular complexity index is 539. The Morgan fingerprint density at radius 3 is 2.76 bits per heavy atom. The fourth-order valence-corrected chi connectivity index (χ4v) is 3.19. The van der Waals surface area contributed by atoms with Gasteiger partial charge in [0.05, 0.1) is 12.2 Å². The summed E-state index contributed by atoms with van der Waals surface area (Å²) in [5, 5.41) is 6.58. The van der Waals surface area contributed by atoms with Crippen LogP contribution in [0.3, 0.4) is 0 Å². The summed E-state index contributed by atoms with van der Waals surface area (Å²) < 4.78 is 0. The number of hydrogen-bond donors (Lipinski definition) is 2. The molecule has 1 aromatic rings. The number of hydrogen-bond acceptors (Lipinski definition) is 5. The van der Waals surface area contributed by atoms with Crippen LogP contribution in [0.15, 0.2) is 0 Å². The molecule has 0 radical (unpaired) electrons. The van der Waals surface area contributed by atoms with Gasteiger partial charge >= 0.3 is 0 Å². The number of amides is 1. The summed E-state index contributed by atoms with van der Waals surface area (Å²) in [4.78, 5) is 23.0. The first-order valence-corrected chi connectivity index (χ1v) is 7.72. The summed E-state index contributed by atoms with van der Waals surface area (Å²) in [6, 6.07) is 0. The molecule has 3 rings (SSSR count). The summed E-state index contributed by atoms with van der Waals surface area (Å²) >= 11 is 0. The SMILES string of the molecule is CNc1nc(C2CCNCC2)nc2c1CCN(C(C)=O)C2. The number of carbonyl (C=O) groups is 1. The maximum absolute atomic E-state index is 11.6. The lowest BCUT2D eigenvalue weighted by Crippen LogP contribution is -2.36. The first-order chi connectivity index (χ1) is 10.2. The van der Waals surface area contributed by atoms with Gasteiger partial charge in [-0.15, -0.1) is 0 Å². The lowest BCUT2D eigenvalue weighted by Gasteiger charge is -2.30. The molecular weight excluding hydrogens is 266 g/mol. The molecule has 2 N–H and O–H groups in total. The second-order valence-electron chi connectivity index (χ2n) is 5.82. The Hall–Kier alpha value is -1.69. The zero-order valence-electron chi connectivity index (χ0n) is 12.8. The van der Waals surface area contributed by atoms with Crippen LogP contribution in [0, 0.1) is 0 Å². The fraction of sp³-hybridized carbons (Fsp3) is 0.667. The van der Waals surface area contributed by atoms with Crippen molar-refractivity contribution in [2.45, 2.75) is 38.6 Å². The molecular formula is C15H23N5O. The third-order valence-electron chi connectivity index (χ3n) is 4.47. The normalized spacial score (nSPS) is 19.2. The van der Waals surface area contributed by atoms with Crippen molar-refractivity contribution in [1.29, 1.82) is 0 Å². The molecule has 1 aromatic heterocycles. The van der Waals surface area contributed by atoms with Crippen LogP contribution in [0.5, 0.6) is 0 Å². The second-order valence-corrected chi connectivity index (χ2v) is 5.82. The van der Waals surface area contributed by atoms with Crippen molar-refractivity contribution in [1.82, 2.24) is 20.2 Å². The van der Waals surface area contributed by atoms with Crippen LogP contribution in [0.25, 0.3) is 0 Å². The molecule has 21 heavy (non-hydrogen) atoms. The monoisotopic (exact) mass is 289 g/mol. The Morgan fingerprint density at radius 2 is 2.10 bits per heavy atom. The Morgan fingerprint density at radius 1 is 1.33 bits per heavy atom. The molecule has 2 aliphatic rings. The maximum atomic E-state index is 11.6. The number of carbonyl (C=O) groups excluding carboxylic acids is 1. The average Bonchev–Trinajstić information content (AvgIpc) is 2.54. The van der Waals surface area contributed by atoms with E-state index in [9.17, 15) is 4.79 Å². The third-order valence-corrected chi connectivity index (χ3v) is 4.47. The summed E-state index contributed by atoms with van der Waals surface area (Å²) in [6.45, 7) is 5.05. The standard InChI is InChI=1S/C15H23N5O/c1-10(21)20-8-5-12-13(9-20)18-14(19-15(12)16-2)11-3-6-17-7-4-11/h11,17H,3-9H2,1-2H3,(H,16,18,19). The van der Waals surface area contributed by atoms with E-state index >= 15 is 0 Å². The van der Waals surface area contributed by atoms with Crippen LogP contribution < -0.4 is 10.6 Å². The molecule has 0 spiro atoms. The molecule has 0 atom stereocenters. The molecule has 0 bridgehead atoms. The van der Waals surface area contributed by atoms with Crippen LogP contribution in [-0.2, 0) is 17.8 Å². The average molecular weight is 289 g/mol. The van der Waals surface area contributed by atoms with E-state index in [0.717, 1.165) is 56.2 Å². The molecule has 0 saturated carbocycles. The van der Waals surface area contributed by atoms with Gasteiger partial charge in [0.25, 0.3) is 0 Å². The zero-order chi connectivity index (χ0) is 14.8. The van der Waals surface area contributed by atoms with Crippen LogP contribution in [0.4, 0.5) is 5.82 Å². The highest BCUT2D eigenvalue weighted by atomic mass is 16.2. The van der Waals surface area contributed by atoms with Crippen molar-refractivity contribution < 1.29 is 4.79 Å². The van der Waals surface area contributed by atoms with Gasteiger partial charge in [-0.05, 0) is 32.4 Å². The summed E-state index contributed by atoms with van der Waals surface area (Å²) in [5.41, 5.74) is 2.19.